The number of carboxylic acid groups (broad SMARTS) is 1. The van der Waals surface area contributed by atoms with Crippen LogP contribution in [0.25, 0.3) is 0 Å². The topological polar surface area (TPSA) is 71.3 Å². The summed E-state index contributed by atoms with van der Waals surface area (Å²) in [6.07, 6.45) is 0. The molecule has 0 spiro atoms. The van der Waals surface area contributed by atoms with Crippen molar-refractivity contribution >= 4 is 17.6 Å². The van der Waals surface area contributed by atoms with E-state index in [1.54, 1.807) is 35.9 Å². The number of carboxylic acids is 1. The number of anilines is 1. The summed E-state index contributed by atoms with van der Waals surface area (Å²) in [5, 5.41) is 11.7. The first-order valence-electron chi connectivity index (χ1n) is 5.76. The molecule has 0 aliphatic rings. The summed E-state index contributed by atoms with van der Waals surface area (Å²) < 4.78 is 1.75. The summed E-state index contributed by atoms with van der Waals surface area (Å²) in [6, 6.07) is 9.85. The Bertz CT molecular complexity index is 644. The van der Waals surface area contributed by atoms with E-state index in [4.69, 9.17) is 5.11 Å². The summed E-state index contributed by atoms with van der Waals surface area (Å²) in [4.78, 5) is 23.2. The zero-order valence-electron chi connectivity index (χ0n) is 10.7. The molecule has 0 fully saturated rings. The molecule has 0 unspecified atom stereocenters. The standard InChI is InChI=1S/C14H14N2O3/c1-9-7-8-12(16(9)2)13(17)15-11-6-4-3-5-10(11)14(18)19/h3-8H,1-2H3,(H,15,17)(H,18,19). The quantitative estimate of drug-likeness (QED) is 0.887. The van der Waals surface area contributed by atoms with Gasteiger partial charge in [0, 0.05) is 12.7 Å². The van der Waals surface area contributed by atoms with Gasteiger partial charge in [-0.25, -0.2) is 4.79 Å². The molecule has 0 saturated carbocycles. The number of para-hydroxylation sites is 1. The fourth-order valence-corrected chi connectivity index (χ4v) is 1.81. The summed E-state index contributed by atoms with van der Waals surface area (Å²) in [5.74, 6) is -1.40. The Morgan fingerprint density at radius 3 is 2.42 bits per heavy atom. The van der Waals surface area contributed by atoms with E-state index in [0.717, 1.165) is 5.69 Å². The van der Waals surface area contributed by atoms with Gasteiger partial charge >= 0.3 is 5.97 Å². The largest absolute Gasteiger partial charge is 0.478 e. The molecule has 0 aliphatic carbocycles. The van der Waals surface area contributed by atoms with Gasteiger partial charge in [0.15, 0.2) is 0 Å². The third-order valence-corrected chi connectivity index (χ3v) is 3.01. The van der Waals surface area contributed by atoms with Crippen molar-refractivity contribution in [1.29, 1.82) is 0 Å². The van der Waals surface area contributed by atoms with Crippen molar-refractivity contribution in [3.8, 4) is 0 Å². The molecule has 0 saturated heterocycles. The molecule has 2 rings (SSSR count). The minimum absolute atomic E-state index is 0.0711. The number of aromatic carboxylic acids is 1. The highest BCUT2D eigenvalue weighted by Crippen LogP contribution is 2.16. The van der Waals surface area contributed by atoms with Crippen LogP contribution >= 0.6 is 0 Å². The van der Waals surface area contributed by atoms with Gasteiger partial charge < -0.3 is 15.0 Å². The lowest BCUT2D eigenvalue weighted by atomic mass is 10.2. The van der Waals surface area contributed by atoms with Crippen LogP contribution < -0.4 is 5.32 Å². The van der Waals surface area contributed by atoms with E-state index in [2.05, 4.69) is 5.32 Å². The molecule has 0 radical (unpaired) electrons. The van der Waals surface area contributed by atoms with Gasteiger partial charge in [-0.3, -0.25) is 4.79 Å². The minimum atomic E-state index is -1.07. The number of amides is 1. The van der Waals surface area contributed by atoms with Crippen molar-refractivity contribution in [2.24, 2.45) is 7.05 Å². The second-order valence-electron chi connectivity index (χ2n) is 4.22. The first-order valence-corrected chi connectivity index (χ1v) is 5.76. The smallest absolute Gasteiger partial charge is 0.337 e. The van der Waals surface area contributed by atoms with Crippen molar-refractivity contribution in [2.75, 3.05) is 5.32 Å². The average molecular weight is 258 g/mol. The third kappa shape index (κ3) is 2.49. The molecule has 1 amide bonds. The summed E-state index contributed by atoms with van der Waals surface area (Å²) in [6.45, 7) is 1.89. The van der Waals surface area contributed by atoms with E-state index >= 15 is 0 Å². The van der Waals surface area contributed by atoms with Gasteiger partial charge in [-0.05, 0) is 31.2 Å². The monoisotopic (exact) mass is 258 g/mol. The average Bonchev–Trinajstić information content (AvgIpc) is 2.70. The van der Waals surface area contributed by atoms with Gasteiger partial charge in [0.2, 0.25) is 0 Å². The zero-order valence-corrected chi connectivity index (χ0v) is 10.7. The Hall–Kier alpha value is -2.56. The second-order valence-corrected chi connectivity index (χ2v) is 4.22. The minimum Gasteiger partial charge on any atom is -0.478 e. The van der Waals surface area contributed by atoms with Gasteiger partial charge in [-0.2, -0.15) is 0 Å². The Kier molecular flexibility index (Phi) is 3.37. The van der Waals surface area contributed by atoms with Gasteiger partial charge in [-0.15, -0.1) is 0 Å². The summed E-state index contributed by atoms with van der Waals surface area (Å²) in [7, 11) is 1.79. The van der Waals surface area contributed by atoms with Gasteiger partial charge in [0.05, 0.1) is 11.3 Å². The molecular weight excluding hydrogens is 244 g/mol. The summed E-state index contributed by atoms with van der Waals surface area (Å²) in [5.41, 5.74) is 1.80. The molecule has 98 valence electrons. The molecular formula is C14H14N2O3. The first kappa shape index (κ1) is 12.9. The molecule has 1 aromatic heterocycles. The molecule has 1 heterocycles. The van der Waals surface area contributed by atoms with Crippen LogP contribution in [0, 0.1) is 6.92 Å². The van der Waals surface area contributed by atoms with Crippen LogP contribution in [0.2, 0.25) is 0 Å². The Morgan fingerprint density at radius 1 is 1.16 bits per heavy atom. The fourth-order valence-electron chi connectivity index (χ4n) is 1.81. The number of hydrogen-bond donors (Lipinski definition) is 2. The van der Waals surface area contributed by atoms with E-state index in [1.165, 1.54) is 6.07 Å². The van der Waals surface area contributed by atoms with E-state index in [0.29, 0.717) is 11.4 Å². The van der Waals surface area contributed by atoms with Crippen LogP contribution in [0.4, 0.5) is 5.69 Å². The molecule has 1 aromatic carbocycles. The highest BCUT2D eigenvalue weighted by Gasteiger charge is 2.15. The van der Waals surface area contributed by atoms with Crippen LogP contribution in [0.5, 0.6) is 0 Å². The van der Waals surface area contributed by atoms with Crippen LogP contribution in [0.1, 0.15) is 26.5 Å². The van der Waals surface area contributed by atoms with Crippen molar-refractivity contribution in [3.63, 3.8) is 0 Å². The Labute approximate surface area is 110 Å². The van der Waals surface area contributed by atoms with Crippen LogP contribution in [-0.2, 0) is 7.05 Å². The molecule has 2 N–H and O–H groups in total. The molecule has 2 aromatic rings. The highest BCUT2D eigenvalue weighted by atomic mass is 16.4. The van der Waals surface area contributed by atoms with Gasteiger partial charge in [-0.1, -0.05) is 12.1 Å². The van der Waals surface area contributed by atoms with Crippen LogP contribution in [0.15, 0.2) is 36.4 Å². The third-order valence-electron chi connectivity index (χ3n) is 3.01. The maximum atomic E-state index is 12.1. The normalized spacial score (nSPS) is 10.2. The maximum Gasteiger partial charge on any atom is 0.337 e. The van der Waals surface area contributed by atoms with E-state index < -0.39 is 5.97 Å². The number of nitrogens with one attached hydrogen (secondary N) is 1. The lowest BCUT2D eigenvalue weighted by molar-refractivity contribution is 0.0698. The molecule has 5 nitrogen and oxygen atoms in total. The highest BCUT2D eigenvalue weighted by molar-refractivity contribution is 6.07. The van der Waals surface area contributed by atoms with Crippen molar-refractivity contribution in [3.05, 3.63) is 53.3 Å². The van der Waals surface area contributed by atoms with Crippen LogP contribution in [-0.4, -0.2) is 21.6 Å². The zero-order chi connectivity index (χ0) is 14.0. The molecule has 0 atom stereocenters. The lowest BCUT2D eigenvalue weighted by Gasteiger charge is -2.09. The van der Waals surface area contributed by atoms with Crippen molar-refractivity contribution in [2.45, 2.75) is 6.92 Å². The number of carbonyl (C=O) groups excluding carboxylic acids is 1. The first-order chi connectivity index (χ1) is 9.00. The number of aryl methyl sites for hydroxylation is 1. The Morgan fingerprint density at radius 2 is 1.84 bits per heavy atom. The molecule has 0 aliphatic heterocycles. The number of carbonyl (C=O) groups is 2. The molecule has 5 heteroatoms. The number of hydrogen-bond acceptors (Lipinski definition) is 2. The number of benzene rings is 1. The second kappa shape index (κ2) is 4.97. The van der Waals surface area contributed by atoms with E-state index in [-0.39, 0.29) is 11.5 Å². The predicted molar refractivity (Wildman–Crippen MR) is 71.5 cm³/mol. The molecule has 0 bridgehead atoms. The number of aromatic nitrogens is 1. The SMILES string of the molecule is Cc1ccc(C(=O)Nc2ccccc2C(=O)O)n1C. The Balaban J connectivity index is 2.29. The number of nitrogens with zero attached hydrogens (tertiary/aromatic N) is 1. The van der Waals surface area contributed by atoms with Crippen molar-refractivity contribution < 1.29 is 14.7 Å². The van der Waals surface area contributed by atoms with Crippen molar-refractivity contribution in [1.82, 2.24) is 4.57 Å². The molecule has 19 heavy (non-hydrogen) atoms. The van der Waals surface area contributed by atoms with Gasteiger partial charge in [0.1, 0.15) is 5.69 Å². The fraction of sp³-hybridized carbons (Fsp3) is 0.143. The van der Waals surface area contributed by atoms with E-state index in [9.17, 15) is 9.59 Å². The summed E-state index contributed by atoms with van der Waals surface area (Å²) >= 11 is 0. The van der Waals surface area contributed by atoms with Crippen LogP contribution in [0.3, 0.4) is 0 Å². The van der Waals surface area contributed by atoms with E-state index in [1.807, 2.05) is 13.0 Å². The lowest BCUT2D eigenvalue weighted by Crippen LogP contribution is -2.17. The number of rotatable bonds is 3. The predicted octanol–water partition coefficient (Wildman–Crippen LogP) is 2.28. The van der Waals surface area contributed by atoms with Gasteiger partial charge in [0.25, 0.3) is 5.91 Å². The maximum absolute atomic E-state index is 12.1.